The number of hydrogen-bond donors (Lipinski definition) is 0. The maximum atomic E-state index is 5.05. The summed E-state index contributed by atoms with van der Waals surface area (Å²) in [7, 11) is 1.59. The van der Waals surface area contributed by atoms with Crippen LogP contribution in [-0.2, 0) is 11.4 Å². The molecule has 0 radical (unpaired) electrons. The van der Waals surface area contributed by atoms with E-state index in [1.165, 1.54) is 16.5 Å². The van der Waals surface area contributed by atoms with Crippen LogP contribution in [0.1, 0.15) is 11.1 Å². The number of para-hydroxylation sites is 1. The van der Waals surface area contributed by atoms with Crippen molar-refractivity contribution in [3.05, 3.63) is 78.0 Å². The third-order valence-electron chi connectivity index (χ3n) is 3.69. The maximum absolute atomic E-state index is 5.05. The number of aromatic nitrogens is 1. The molecule has 0 aliphatic rings. The van der Waals surface area contributed by atoms with Crippen LogP contribution in [0.3, 0.4) is 0 Å². The van der Waals surface area contributed by atoms with Gasteiger partial charge in [0.05, 0.1) is 0 Å². The largest absolute Gasteiger partial charge is 1.00 e. The Bertz CT molecular complexity index is 808. The van der Waals surface area contributed by atoms with Crippen molar-refractivity contribution in [1.82, 2.24) is 0 Å². The van der Waals surface area contributed by atoms with Crippen LogP contribution in [-0.4, -0.2) is 12.8 Å². The highest BCUT2D eigenvalue weighted by molar-refractivity contribution is 5.99. The summed E-state index contributed by atoms with van der Waals surface area (Å²) in [4.78, 5) is 5.05. The van der Waals surface area contributed by atoms with E-state index in [-0.39, 0.29) is 17.0 Å². The lowest BCUT2D eigenvalue weighted by Gasteiger charge is -2.05. The molecule has 0 aliphatic carbocycles. The fraction of sp³-hybridized carbons (Fsp3) is 0.158. The molecule has 118 valence electrons. The van der Waals surface area contributed by atoms with Crippen molar-refractivity contribution in [2.75, 3.05) is 7.11 Å². The van der Waals surface area contributed by atoms with E-state index in [0.717, 1.165) is 11.3 Å². The molecular formula is C19H19BrN2O. The highest BCUT2D eigenvalue weighted by Gasteiger charge is 2.14. The number of oxime groups is 1. The molecule has 3 nitrogen and oxygen atoms in total. The fourth-order valence-corrected chi connectivity index (χ4v) is 2.55. The van der Waals surface area contributed by atoms with Gasteiger partial charge in [0.15, 0.2) is 18.5 Å². The number of benzene rings is 2. The molecule has 0 aliphatic heterocycles. The third kappa shape index (κ3) is 3.96. The molecule has 0 saturated heterocycles. The van der Waals surface area contributed by atoms with Gasteiger partial charge in [-0.15, -0.1) is 0 Å². The number of nitrogens with zero attached hydrogens (tertiary/aromatic N) is 2. The molecule has 1 heterocycles. The molecule has 3 aromatic rings. The van der Waals surface area contributed by atoms with Gasteiger partial charge in [-0.2, -0.15) is 4.57 Å². The van der Waals surface area contributed by atoms with Crippen LogP contribution in [0.4, 0.5) is 0 Å². The summed E-state index contributed by atoms with van der Waals surface area (Å²) >= 11 is 0. The molecule has 0 N–H and O–H groups in total. The predicted octanol–water partition coefficient (Wildman–Crippen LogP) is 0.490. The van der Waals surface area contributed by atoms with Gasteiger partial charge in [0.1, 0.15) is 7.11 Å². The monoisotopic (exact) mass is 370 g/mol. The summed E-state index contributed by atoms with van der Waals surface area (Å²) in [6.07, 6.45) is 2.07. The van der Waals surface area contributed by atoms with E-state index in [1.807, 2.05) is 0 Å². The number of rotatable bonds is 4. The SMILES string of the molecule is CON=C(C[n+]1cccc2ccccc21)c1ccc(C)cc1.[Br-]. The second kappa shape index (κ2) is 7.88. The quantitative estimate of drug-likeness (QED) is 0.372. The lowest BCUT2D eigenvalue weighted by molar-refractivity contribution is -0.655. The number of hydrogen-bond acceptors (Lipinski definition) is 2. The van der Waals surface area contributed by atoms with Gasteiger partial charge in [-0.05, 0) is 19.1 Å². The molecule has 2 aromatic carbocycles. The Labute approximate surface area is 147 Å². The number of halogens is 1. The standard InChI is InChI=1S/C19H19N2O.BrH/c1-15-9-11-16(12-10-15)18(20-22-2)14-21-13-5-7-17-6-3-4-8-19(17)21;/h3-13H,14H2,1-2H3;1H/q+1;/p-1. The van der Waals surface area contributed by atoms with Crippen molar-refractivity contribution >= 4 is 16.6 Å². The minimum Gasteiger partial charge on any atom is -1.00 e. The zero-order valence-electron chi connectivity index (χ0n) is 13.2. The summed E-state index contributed by atoms with van der Waals surface area (Å²) in [6.45, 7) is 2.74. The minimum absolute atomic E-state index is 0. The molecule has 1 aromatic heterocycles. The van der Waals surface area contributed by atoms with Crippen LogP contribution >= 0.6 is 0 Å². The van der Waals surface area contributed by atoms with Crippen molar-refractivity contribution in [1.29, 1.82) is 0 Å². The Morgan fingerprint density at radius 1 is 1.00 bits per heavy atom. The Balaban J connectivity index is 0.00000192. The Kier molecular flexibility index (Phi) is 5.88. The first-order valence-corrected chi connectivity index (χ1v) is 7.32. The lowest BCUT2D eigenvalue weighted by atomic mass is 10.1. The highest BCUT2D eigenvalue weighted by atomic mass is 79.9. The van der Waals surface area contributed by atoms with Gasteiger partial charge in [-0.3, -0.25) is 0 Å². The van der Waals surface area contributed by atoms with Crippen molar-refractivity contribution in [2.24, 2.45) is 5.16 Å². The fourth-order valence-electron chi connectivity index (χ4n) is 2.55. The normalized spacial score (nSPS) is 11.1. The summed E-state index contributed by atoms with van der Waals surface area (Å²) < 4.78 is 2.19. The molecule has 0 amide bonds. The van der Waals surface area contributed by atoms with Gasteiger partial charge in [0.2, 0.25) is 5.52 Å². The molecule has 0 fully saturated rings. The van der Waals surface area contributed by atoms with Crippen molar-refractivity contribution in [2.45, 2.75) is 13.5 Å². The first kappa shape index (κ1) is 17.2. The summed E-state index contributed by atoms with van der Waals surface area (Å²) in [6, 6.07) is 20.9. The maximum Gasteiger partial charge on any atom is 0.212 e. The van der Waals surface area contributed by atoms with Gasteiger partial charge in [-0.25, -0.2) is 0 Å². The third-order valence-corrected chi connectivity index (χ3v) is 3.69. The molecule has 0 unspecified atom stereocenters. The molecule has 3 rings (SSSR count). The van der Waals surface area contributed by atoms with Crippen LogP contribution in [0.25, 0.3) is 10.9 Å². The first-order chi connectivity index (χ1) is 10.8. The number of fused-ring (bicyclic) bond motifs is 1. The molecule has 0 saturated carbocycles. The lowest BCUT2D eigenvalue weighted by Crippen LogP contribution is -3.00. The summed E-state index contributed by atoms with van der Waals surface area (Å²) in [5.74, 6) is 0. The first-order valence-electron chi connectivity index (χ1n) is 7.32. The number of pyridine rings is 1. The van der Waals surface area contributed by atoms with E-state index in [2.05, 4.69) is 83.5 Å². The zero-order chi connectivity index (χ0) is 15.4. The second-order valence-electron chi connectivity index (χ2n) is 5.28. The molecule has 0 spiro atoms. The molecule has 23 heavy (non-hydrogen) atoms. The molecule has 0 atom stereocenters. The Morgan fingerprint density at radius 3 is 2.43 bits per heavy atom. The Hall–Kier alpha value is -2.20. The van der Waals surface area contributed by atoms with E-state index >= 15 is 0 Å². The smallest absolute Gasteiger partial charge is 0.212 e. The second-order valence-corrected chi connectivity index (χ2v) is 5.28. The predicted molar refractivity (Wildman–Crippen MR) is 88.9 cm³/mol. The average Bonchev–Trinajstić information content (AvgIpc) is 2.55. The van der Waals surface area contributed by atoms with Crippen molar-refractivity contribution in [3.63, 3.8) is 0 Å². The van der Waals surface area contributed by atoms with E-state index in [0.29, 0.717) is 6.54 Å². The van der Waals surface area contributed by atoms with Crippen LogP contribution in [0, 0.1) is 6.92 Å². The van der Waals surface area contributed by atoms with Gasteiger partial charge in [0.25, 0.3) is 0 Å². The van der Waals surface area contributed by atoms with Crippen LogP contribution < -0.4 is 21.5 Å². The van der Waals surface area contributed by atoms with Gasteiger partial charge >= 0.3 is 0 Å². The van der Waals surface area contributed by atoms with E-state index in [1.54, 1.807) is 7.11 Å². The average molecular weight is 371 g/mol. The molecule has 4 heteroatoms. The zero-order valence-corrected chi connectivity index (χ0v) is 14.8. The van der Waals surface area contributed by atoms with E-state index in [4.69, 9.17) is 4.84 Å². The Morgan fingerprint density at radius 2 is 1.70 bits per heavy atom. The van der Waals surface area contributed by atoms with Gasteiger partial charge < -0.3 is 21.8 Å². The van der Waals surface area contributed by atoms with Gasteiger partial charge in [-0.1, -0.05) is 47.1 Å². The molecule has 0 bridgehead atoms. The summed E-state index contributed by atoms with van der Waals surface area (Å²) in [5.41, 5.74) is 4.40. The van der Waals surface area contributed by atoms with Crippen LogP contribution in [0.5, 0.6) is 0 Å². The van der Waals surface area contributed by atoms with Crippen LogP contribution in [0.15, 0.2) is 72.0 Å². The minimum atomic E-state index is 0. The van der Waals surface area contributed by atoms with Gasteiger partial charge in [0, 0.05) is 23.1 Å². The topological polar surface area (TPSA) is 25.5 Å². The van der Waals surface area contributed by atoms with Crippen molar-refractivity contribution in [3.8, 4) is 0 Å². The molecular weight excluding hydrogens is 352 g/mol. The summed E-state index contributed by atoms with van der Waals surface area (Å²) in [5, 5.41) is 5.44. The van der Waals surface area contributed by atoms with E-state index < -0.39 is 0 Å². The van der Waals surface area contributed by atoms with Crippen LogP contribution in [0.2, 0.25) is 0 Å². The van der Waals surface area contributed by atoms with E-state index in [9.17, 15) is 0 Å². The number of aryl methyl sites for hydroxylation is 1. The highest BCUT2D eigenvalue weighted by Crippen LogP contribution is 2.10. The van der Waals surface area contributed by atoms with Crippen molar-refractivity contribution < 1.29 is 26.4 Å².